The molecule has 1 aromatic heterocycles. The average Bonchev–Trinajstić information content (AvgIpc) is 3.21. The first-order chi connectivity index (χ1) is 16.2. The molecule has 0 aliphatic carbocycles. The fourth-order valence-electron chi connectivity index (χ4n) is 3.47. The van der Waals surface area contributed by atoms with Crippen molar-refractivity contribution in [3.05, 3.63) is 64.8 Å². The lowest BCUT2D eigenvalue weighted by atomic mass is 10.1. The van der Waals surface area contributed by atoms with Gasteiger partial charge < -0.3 is 9.64 Å². The van der Waals surface area contributed by atoms with Crippen LogP contribution >= 0.6 is 11.6 Å². The Morgan fingerprint density at radius 2 is 1.82 bits per heavy atom. The first-order valence-electron chi connectivity index (χ1n) is 11.2. The summed E-state index contributed by atoms with van der Waals surface area (Å²) in [7, 11) is 1.57. The molecule has 1 heterocycles. The van der Waals surface area contributed by atoms with E-state index < -0.39 is 0 Å². The minimum atomic E-state index is -0.330. The highest BCUT2D eigenvalue weighted by Gasteiger charge is 2.21. The number of nitrogens with zero attached hydrogens (tertiary/aromatic N) is 3. The number of carbonyl (C=O) groups excluding carboxylic acids is 2. The lowest BCUT2D eigenvalue weighted by molar-refractivity contribution is -0.138. The molecule has 0 fully saturated rings. The van der Waals surface area contributed by atoms with Crippen molar-refractivity contribution < 1.29 is 14.3 Å². The molecule has 2 amide bonds. The summed E-state index contributed by atoms with van der Waals surface area (Å²) >= 11 is 6.04. The molecule has 0 atom stereocenters. The van der Waals surface area contributed by atoms with E-state index in [0.29, 0.717) is 29.8 Å². The average molecular weight is 483 g/mol. The van der Waals surface area contributed by atoms with Crippen LogP contribution in [0.15, 0.2) is 48.7 Å². The summed E-state index contributed by atoms with van der Waals surface area (Å²) in [5, 5.41) is 3.53. The number of carbonyl (C=O) groups is 2. The van der Waals surface area contributed by atoms with Crippen molar-refractivity contribution in [1.82, 2.24) is 14.5 Å². The number of methoxy groups -OCH3 is 1. The van der Waals surface area contributed by atoms with Crippen molar-refractivity contribution >= 4 is 29.4 Å². The van der Waals surface area contributed by atoms with Crippen molar-refractivity contribution in [2.24, 2.45) is 5.92 Å². The van der Waals surface area contributed by atoms with Crippen LogP contribution in [0.25, 0.3) is 16.9 Å². The lowest BCUT2D eigenvalue weighted by Gasteiger charge is -2.23. The van der Waals surface area contributed by atoms with E-state index in [2.05, 4.69) is 17.2 Å². The summed E-state index contributed by atoms with van der Waals surface area (Å²) in [6.07, 6.45) is 1.88. The second-order valence-electron chi connectivity index (χ2n) is 8.55. The van der Waals surface area contributed by atoms with Gasteiger partial charge in [-0.15, -0.1) is 0 Å². The van der Waals surface area contributed by atoms with E-state index in [1.165, 1.54) is 10.5 Å². The molecule has 0 aliphatic rings. The van der Waals surface area contributed by atoms with Gasteiger partial charge in [-0.2, -0.15) is 0 Å². The number of nitrogens with one attached hydrogen (secondary N) is 1. The van der Waals surface area contributed by atoms with Gasteiger partial charge in [-0.3, -0.25) is 19.5 Å². The van der Waals surface area contributed by atoms with Gasteiger partial charge in [0.2, 0.25) is 17.8 Å². The molecule has 0 spiro atoms. The molecule has 3 aromatic rings. The molecule has 0 saturated carbocycles. The van der Waals surface area contributed by atoms with Crippen molar-refractivity contribution in [3.63, 3.8) is 0 Å². The molecule has 0 saturated heterocycles. The molecule has 8 heteroatoms. The van der Waals surface area contributed by atoms with E-state index in [0.717, 1.165) is 16.8 Å². The van der Waals surface area contributed by atoms with Crippen LogP contribution in [0, 0.1) is 19.8 Å². The number of rotatable bonds is 9. The third kappa shape index (κ3) is 6.24. The van der Waals surface area contributed by atoms with Crippen LogP contribution in [-0.2, 0) is 14.3 Å². The predicted octanol–water partition coefficient (Wildman–Crippen LogP) is 4.88. The molecule has 0 radical (unpaired) electrons. The van der Waals surface area contributed by atoms with Gasteiger partial charge in [-0.1, -0.05) is 43.6 Å². The maximum atomic E-state index is 13.0. The summed E-state index contributed by atoms with van der Waals surface area (Å²) in [5.41, 5.74) is 4.75. The fourth-order valence-corrected chi connectivity index (χ4v) is 3.60. The third-order valence-corrected chi connectivity index (χ3v) is 5.82. The Bertz CT molecular complexity index is 1160. The van der Waals surface area contributed by atoms with Crippen LogP contribution in [0.1, 0.15) is 25.0 Å². The Labute approximate surface area is 205 Å². The number of hydrogen-bond acceptors (Lipinski definition) is 4. The molecular weight excluding hydrogens is 452 g/mol. The minimum absolute atomic E-state index is 0.0869. The van der Waals surface area contributed by atoms with Crippen molar-refractivity contribution in [3.8, 4) is 16.9 Å². The maximum absolute atomic E-state index is 13.0. The highest BCUT2D eigenvalue weighted by atomic mass is 35.5. The van der Waals surface area contributed by atoms with Gasteiger partial charge in [0.25, 0.3) is 0 Å². The standard InChI is InChI=1S/C26H31ClN4O3/c1-17(2)25(33)30(12-13-34-5)16-24(32)29-26-28-23(20-7-9-21(27)10-8-20)15-31(26)22-11-6-18(3)19(4)14-22/h6-11,14-15,17H,12-13,16H2,1-5H3,(H,28,29,32). The topological polar surface area (TPSA) is 76.5 Å². The fraction of sp³-hybridized carbons (Fsp3) is 0.346. The summed E-state index contributed by atoms with van der Waals surface area (Å²) in [5.74, 6) is -0.282. The Balaban J connectivity index is 1.93. The van der Waals surface area contributed by atoms with E-state index in [-0.39, 0.29) is 24.3 Å². The SMILES string of the molecule is COCCN(CC(=O)Nc1nc(-c2ccc(Cl)cc2)cn1-c1ccc(C)c(C)c1)C(=O)C(C)C. The van der Waals surface area contributed by atoms with Gasteiger partial charge >= 0.3 is 0 Å². The van der Waals surface area contributed by atoms with E-state index in [9.17, 15) is 9.59 Å². The number of amides is 2. The minimum Gasteiger partial charge on any atom is -0.383 e. The van der Waals surface area contributed by atoms with Gasteiger partial charge in [0.15, 0.2) is 0 Å². The molecule has 2 aromatic carbocycles. The number of ether oxygens (including phenoxy) is 1. The van der Waals surface area contributed by atoms with E-state index >= 15 is 0 Å². The number of aromatic nitrogens is 2. The zero-order chi connectivity index (χ0) is 24.8. The highest BCUT2D eigenvalue weighted by molar-refractivity contribution is 6.30. The number of benzene rings is 2. The molecule has 7 nitrogen and oxygen atoms in total. The number of hydrogen-bond donors (Lipinski definition) is 1. The van der Waals surface area contributed by atoms with Gasteiger partial charge in [0, 0.05) is 42.0 Å². The first kappa shape index (κ1) is 25.5. The van der Waals surface area contributed by atoms with Crippen LogP contribution in [0.4, 0.5) is 5.95 Å². The summed E-state index contributed by atoms with van der Waals surface area (Å²) < 4.78 is 6.95. The zero-order valence-electron chi connectivity index (χ0n) is 20.3. The lowest BCUT2D eigenvalue weighted by Crippen LogP contribution is -2.42. The normalized spacial score (nSPS) is 11.0. The Kier molecular flexibility index (Phi) is 8.47. The smallest absolute Gasteiger partial charge is 0.246 e. The van der Waals surface area contributed by atoms with Crippen LogP contribution in [0.3, 0.4) is 0 Å². The highest BCUT2D eigenvalue weighted by Crippen LogP contribution is 2.26. The predicted molar refractivity (Wildman–Crippen MR) is 135 cm³/mol. The number of halogens is 1. The Morgan fingerprint density at radius 1 is 1.12 bits per heavy atom. The second kappa shape index (κ2) is 11.3. The summed E-state index contributed by atoms with van der Waals surface area (Å²) in [6.45, 7) is 8.31. The Hall–Kier alpha value is -3.16. The van der Waals surface area contributed by atoms with Crippen LogP contribution in [0.2, 0.25) is 5.02 Å². The number of aryl methyl sites for hydroxylation is 2. The molecule has 0 bridgehead atoms. The number of imidazole rings is 1. The molecule has 1 N–H and O–H groups in total. The van der Waals surface area contributed by atoms with Gasteiger partial charge in [-0.05, 0) is 49.2 Å². The monoisotopic (exact) mass is 482 g/mol. The van der Waals surface area contributed by atoms with Crippen molar-refractivity contribution in [2.75, 3.05) is 32.1 Å². The third-order valence-electron chi connectivity index (χ3n) is 5.57. The Morgan fingerprint density at radius 3 is 2.44 bits per heavy atom. The van der Waals surface area contributed by atoms with Crippen LogP contribution in [0.5, 0.6) is 0 Å². The number of anilines is 1. The van der Waals surface area contributed by atoms with Crippen LogP contribution < -0.4 is 5.32 Å². The molecule has 3 rings (SSSR count). The second-order valence-corrected chi connectivity index (χ2v) is 8.99. The van der Waals surface area contributed by atoms with Gasteiger partial charge in [0.1, 0.15) is 6.54 Å². The van der Waals surface area contributed by atoms with E-state index in [4.69, 9.17) is 16.3 Å². The first-order valence-corrected chi connectivity index (χ1v) is 11.6. The summed E-state index contributed by atoms with van der Waals surface area (Å²) in [6, 6.07) is 13.4. The largest absolute Gasteiger partial charge is 0.383 e. The zero-order valence-corrected chi connectivity index (χ0v) is 21.0. The van der Waals surface area contributed by atoms with Gasteiger partial charge in [0.05, 0.1) is 12.3 Å². The van der Waals surface area contributed by atoms with E-state index in [1.807, 2.05) is 61.9 Å². The van der Waals surface area contributed by atoms with Crippen molar-refractivity contribution in [2.45, 2.75) is 27.7 Å². The molecule has 0 unspecified atom stereocenters. The molecular formula is C26H31ClN4O3. The molecule has 0 aliphatic heterocycles. The van der Waals surface area contributed by atoms with Crippen molar-refractivity contribution in [1.29, 1.82) is 0 Å². The maximum Gasteiger partial charge on any atom is 0.246 e. The molecule has 34 heavy (non-hydrogen) atoms. The molecule has 180 valence electrons. The van der Waals surface area contributed by atoms with Crippen LogP contribution in [-0.4, -0.2) is 53.1 Å². The quantitative estimate of drug-likeness (QED) is 0.471. The summed E-state index contributed by atoms with van der Waals surface area (Å²) in [4.78, 5) is 31.8. The van der Waals surface area contributed by atoms with Gasteiger partial charge in [-0.25, -0.2) is 4.98 Å². The van der Waals surface area contributed by atoms with E-state index in [1.54, 1.807) is 19.2 Å².